The van der Waals surface area contributed by atoms with E-state index in [1.165, 1.54) is 0 Å². The van der Waals surface area contributed by atoms with E-state index >= 15 is 0 Å². The van der Waals surface area contributed by atoms with Crippen molar-refractivity contribution < 1.29 is 4.79 Å². The zero-order valence-electron chi connectivity index (χ0n) is 10.5. The Kier molecular flexibility index (Phi) is 5.33. The summed E-state index contributed by atoms with van der Waals surface area (Å²) in [6.45, 7) is 5.06. The van der Waals surface area contributed by atoms with Gasteiger partial charge in [0.25, 0.3) is 0 Å². The molecular weight excluding hydrogens is 214 g/mol. The SMILES string of the molecule is CC(C)CCCNC(=O)Nc1ccc(N)cc1. The first kappa shape index (κ1) is 13.4. The van der Waals surface area contributed by atoms with Crippen LogP contribution in [-0.2, 0) is 0 Å². The number of urea groups is 1. The minimum absolute atomic E-state index is 0.168. The van der Waals surface area contributed by atoms with Crippen LogP contribution < -0.4 is 16.4 Å². The highest BCUT2D eigenvalue weighted by atomic mass is 16.2. The number of anilines is 2. The molecule has 4 heteroatoms. The summed E-state index contributed by atoms with van der Waals surface area (Å²) in [4.78, 5) is 11.5. The van der Waals surface area contributed by atoms with Crippen molar-refractivity contribution in [2.75, 3.05) is 17.6 Å². The maximum Gasteiger partial charge on any atom is 0.319 e. The third-order valence-corrected chi connectivity index (χ3v) is 2.41. The Morgan fingerprint density at radius 3 is 2.53 bits per heavy atom. The molecule has 1 aromatic rings. The molecule has 0 atom stereocenters. The van der Waals surface area contributed by atoms with Crippen LogP contribution in [0.4, 0.5) is 16.2 Å². The van der Waals surface area contributed by atoms with Crippen molar-refractivity contribution in [2.24, 2.45) is 5.92 Å². The summed E-state index contributed by atoms with van der Waals surface area (Å²) in [6, 6.07) is 6.91. The van der Waals surface area contributed by atoms with Crippen molar-refractivity contribution >= 4 is 17.4 Å². The predicted molar refractivity (Wildman–Crippen MR) is 71.9 cm³/mol. The van der Waals surface area contributed by atoms with Crippen LogP contribution in [0.3, 0.4) is 0 Å². The summed E-state index contributed by atoms with van der Waals surface area (Å²) in [5.41, 5.74) is 6.99. The van der Waals surface area contributed by atoms with Gasteiger partial charge >= 0.3 is 6.03 Å². The fourth-order valence-corrected chi connectivity index (χ4v) is 1.45. The molecule has 0 unspecified atom stereocenters. The number of nitrogen functional groups attached to an aromatic ring is 1. The number of carbonyl (C=O) groups is 1. The molecule has 0 spiro atoms. The summed E-state index contributed by atoms with van der Waals surface area (Å²) in [7, 11) is 0. The summed E-state index contributed by atoms with van der Waals surface area (Å²) in [6.07, 6.45) is 2.13. The first-order valence-electron chi connectivity index (χ1n) is 5.98. The zero-order valence-corrected chi connectivity index (χ0v) is 10.5. The molecular formula is C13H21N3O. The van der Waals surface area contributed by atoms with Gasteiger partial charge in [0.1, 0.15) is 0 Å². The van der Waals surface area contributed by atoms with Crippen LogP contribution in [0.5, 0.6) is 0 Å². The Labute approximate surface area is 103 Å². The van der Waals surface area contributed by atoms with Crippen molar-refractivity contribution in [3.63, 3.8) is 0 Å². The Bertz CT molecular complexity index is 346. The molecule has 0 radical (unpaired) electrons. The van der Waals surface area contributed by atoms with Gasteiger partial charge in [-0.2, -0.15) is 0 Å². The molecule has 0 bridgehead atoms. The van der Waals surface area contributed by atoms with Crippen LogP contribution in [0.1, 0.15) is 26.7 Å². The Morgan fingerprint density at radius 2 is 1.94 bits per heavy atom. The third kappa shape index (κ3) is 5.80. The van der Waals surface area contributed by atoms with Crippen LogP contribution in [0.15, 0.2) is 24.3 Å². The number of carbonyl (C=O) groups excluding carboxylic acids is 1. The Balaban J connectivity index is 2.23. The summed E-state index contributed by atoms with van der Waals surface area (Å²) >= 11 is 0. The summed E-state index contributed by atoms with van der Waals surface area (Å²) in [5, 5.41) is 5.57. The normalized spacial score (nSPS) is 10.3. The molecule has 1 rings (SSSR count). The second-order valence-corrected chi connectivity index (χ2v) is 4.54. The monoisotopic (exact) mass is 235 g/mol. The molecule has 94 valence electrons. The fourth-order valence-electron chi connectivity index (χ4n) is 1.45. The van der Waals surface area contributed by atoms with Gasteiger partial charge in [0.05, 0.1) is 0 Å². The van der Waals surface area contributed by atoms with Gasteiger partial charge in [-0.25, -0.2) is 4.79 Å². The number of hydrogen-bond acceptors (Lipinski definition) is 2. The molecule has 0 aliphatic carbocycles. The van der Waals surface area contributed by atoms with E-state index in [-0.39, 0.29) is 6.03 Å². The van der Waals surface area contributed by atoms with Crippen molar-refractivity contribution in [1.29, 1.82) is 0 Å². The molecule has 0 saturated carbocycles. The average molecular weight is 235 g/mol. The van der Waals surface area contributed by atoms with Crippen LogP contribution in [0.25, 0.3) is 0 Å². The van der Waals surface area contributed by atoms with E-state index in [0.717, 1.165) is 18.5 Å². The second-order valence-electron chi connectivity index (χ2n) is 4.54. The van der Waals surface area contributed by atoms with Gasteiger partial charge in [-0.3, -0.25) is 0 Å². The van der Waals surface area contributed by atoms with Crippen molar-refractivity contribution in [1.82, 2.24) is 5.32 Å². The number of rotatable bonds is 5. The van der Waals surface area contributed by atoms with Crippen LogP contribution >= 0.6 is 0 Å². The molecule has 4 nitrogen and oxygen atoms in total. The van der Waals surface area contributed by atoms with Crippen LogP contribution in [-0.4, -0.2) is 12.6 Å². The molecule has 2 amide bonds. The Morgan fingerprint density at radius 1 is 1.29 bits per heavy atom. The van der Waals surface area contributed by atoms with Crippen LogP contribution in [0, 0.1) is 5.92 Å². The Hall–Kier alpha value is -1.71. The van der Waals surface area contributed by atoms with Gasteiger partial charge in [-0.05, 0) is 43.0 Å². The van der Waals surface area contributed by atoms with Crippen LogP contribution in [0.2, 0.25) is 0 Å². The van der Waals surface area contributed by atoms with Gasteiger partial charge in [0.15, 0.2) is 0 Å². The van der Waals surface area contributed by atoms with E-state index in [1.54, 1.807) is 24.3 Å². The lowest BCUT2D eigenvalue weighted by molar-refractivity contribution is 0.251. The van der Waals surface area contributed by atoms with E-state index < -0.39 is 0 Å². The smallest absolute Gasteiger partial charge is 0.319 e. The number of hydrogen-bond donors (Lipinski definition) is 3. The largest absolute Gasteiger partial charge is 0.399 e. The van der Waals surface area contributed by atoms with E-state index in [9.17, 15) is 4.79 Å². The number of nitrogens with one attached hydrogen (secondary N) is 2. The maximum atomic E-state index is 11.5. The molecule has 0 saturated heterocycles. The van der Waals surface area contributed by atoms with Gasteiger partial charge in [0.2, 0.25) is 0 Å². The maximum absolute atomic E-state index is 11.5. The molecule has 0 heterocycles. The highest BCUT2D eigenvalue weighted by Crippen LogP contribution is 2.10. The van der Waals surface area contributed by atoms with Gasteiger partial charge in [-0.15, -0.1) is 0 Å². The summed E-state index contributed by atoms with van der Waals surface area (Å²) < 4.78 is 0. The zero-order chi connectivity index (χ0) is 12.7. The van der Waals surface area contributed by atoms with Gasteiger partial charge < -0.3 is 16.4 Å². The number of amides is 2. The van der Waals surface area contributed by atoms with Crippen molar-refractivity contribution in [2.45, 2.75) is 26.7 Å². The molecule has 0 aliphatic rings. The molecule has 1 aromatic carbocycles. The number of benzene rings is 1. The lowest BCUT2D eigenvalue weighted by Gasteiger charge is -2.08. The average Bonchev–Trinajstić information content (AvgIpc) is 2.27. The molecule has 4 N–H and O–H groups in total. The topological polar surface area (TPSA) is 67.2 Å². The van der Waals surface area contributed by atoms with E-state index in [4.69, 9.17) is 5.73 Å². The van der Waals surface area contributed by atoms with Gasteiger partial charge in [0, 0.05) is 17.9 Å². The van der Waals surface area contributed by atoms with E-state index in [1.807, 2.05) is 0 Å². The minimum atomic E-state index is -0.168. The quantitative estimate of drug-likeness (QED) is 0.542. The molecule has 17 heavy (non-hydrogen) atoms. The standard InChI is InChI=1S/C13H21N3O/c1-10(2)4-3-9-15-13(17)16-12-7-5-11(14)6-8-12/h5-8,10H,3-4,9,14H2,1-2H3,(H2,15,16,17). The van der Waals surface area contributed by atoms with E-state index in [0.29, 0.717) is 18.2 Å². The lowest BCUT2D eigenvalue weighted by atomic mass is 10.1. The highest BCUT2D eigenvalue weighted by Gasteiger charge is 2.01. The molecule has 0 fully saturated rings. The summed E-state index contributed by atoms with van der Waals surface area (Å²) in [5.74, 6) is 0.678. The minimum Gasteiger partial charge on any atom is -0.399 e. The van der Waals surface area contributed by atoms with E-state index in [2.05, 4.69) is 24.5 Å². The second kappa shape index (κ2) is 6.78. The van der Waals surface area contributed by atoms with Crippen molar-refractivity contribution in [3.8, 4) is 0 Å². The molecule has 0 aliphatic heterocycles. The fraction of sp³-hybridized carbons (Fsp3) is 0.462. The van der Waals surface area contributed by atoms with Crippen molar-refractivity contribution in [3.05, 3.63) is 24.3 Å². The first-order valence-corrected chi connectivity index (χ1v) is 5.98. The molecule has 0 aromatic heterocycles. The third-order valence-electron chi connectivity index (χ3n) is 2.41. The first-order chi connectivity index (χ1) is 8.08. The predicted octanol–water partition coefficient (Wildman–Crippen LogP) is 2.83. The number of nitrogens with two attached hydrogens (primary N) is 1. The highest BCUT2D eigenvalue weighted by molar-refractivity contribution is 5.89. The van der Waals surface area contributed by atoms with Gasteiger partial charge in [-0.1, -0.05) is 13.8 Å². The lowest BCUT2D eigenvalue weighted by Crippen LogP contribution is -2.29.